The molecule has 0 aromatic heterocycles. The molecule has 132 valence electrons. The van der Waals surface area contributed by atoms with Crippen molar-refractivity contribution in [2.75, 3.05) is 6.54 Å². The zero-order valence-electron chi connectivity index (χ0n) is 13.8. The van der Waals surface area contributed by atoms with Crippen molar-refractivity contribution in [2.45, 2.75) is 25.8 Å². The number of amides is 2. The molecular formula is C19H20F2N2O2. The highest BCUT2D eigenvalue weighted by atomic mass is 19.1. The van der Waals surface area contributed by atoms with E-state index in [-0.39, 0.29) is 37.3 Å². The zero-order chi connectivity index (χ0) is 18.2. The molecule has 0 spiro atoms. The summed E-state index contributed by atoms with van der Waals surface area (Å²) in [5.74, 6) is -1.82. The van der Waals surface area contributed by atoms with E-state index in [1.54, 1.807) is 0 Å². The Bertz CT molecular complexity index is 735. The SMILES string of the molecule is NC(=O)CCN(Cc1ccccc1)C(=O)CCc1cc(F)ccc1F. The lowest BCUT2D eigenvalue weighted by atomic mass is 10.1. The standard InChI is InChI=1S/C19H20F2N2O2/c20-16-7-8-17(21)15(12-16)6-9-19(25)23(11-10-18(22)24)13-14-4-2-1-3-5-14/h1-5,7-8,12H,6,9-11,13H2,(H2,22,24). The van der Waals surface area contributed by atoms with Crippen LogP contribution < -0.4 is 5.73 Å². The number of hydrogen-bond acceptors (Lipinski definition) is 2. The molecule has 0 radical (unpaired) electrons. The average Bonchev–Trinajstić information content (AvgIpc) is 2.59. The number of primary amides is 1. The largest absolute Gasteiger partial charge is 0.370 e. The van der Waals surface area contributed by atoms with E-state index in [2.05, 4.69) is 0 Å². The lowest BCUT2D eigenvalue weighted by Gasteiger charge is -2.22. The molecule has 0 heterocycles. The molecule has 0 unspecified atom stereocenters. The minimum absolute atomic E-state index is 0.0198. The van der Waals surface area contributed by atoms with Crippen LogP contribution in [0.4, 0.5) is 8.78 Å². The molecule has 0 aliphatic rings. The molecule has 0 aliphatic carbocycles. The molecule has 2 aromatic rings. The minimum atomic E-state index is -0.543. The number of nitrogens with two attached hydrogens (primary N) is 1. The van der Waals surface area contributed by atoms with Crippen molar-refractivity contribution in [1.29, 1.82) is 0 Å². The van der Waals surface area contributed by atoms with E-state index in [1.807, 2.05) is 30.3 Å². The Morgan fingerprint density at radius 2 is 1.72 bits per heavy atom. The van der Waals surface area contributed by atoms with Crippen molar-refractivity contribution >= 4 is 11.8 Å². The Labute approximate surface area is 145 Å². The summed E-state index contributed by atoms with van der Waals surface area (Å²) >= 11 is 0. The number of nitrogens with zero attached hydrogens (tertiary/aromatic N) is 1. The molecule has 0 aliphatic heterocycles. The van der Waals surface area contributed by atoms with Gasteiger partial charge in [0.05, 0.1) is 0 Å². The number of hydrogen-bond donors (Lipinski definition) is 1. The summed E-state index contributed by atoms with van der Waals surface area (Å²) in [7, 11) is 0. The molecule has 0 atom stereocenters. The van der Waals surface area contributed by atoms with Gasteiger partial charge < -0.3 is 10.6 Å². The molecule has 2 rings (SSSR count). The third kappa shape index (κ3) is 5.99. The van der Waals surface area contributed by atoms with Crippen LogP contribution >= 0.6 is 0 Å². The maximum Gasteiger partial charge on any atom is 0.223 e. The van der Waals surface area contributed by atoms with Gasteiger partial charge in [-0.2, -0.15) is 0 Å². The van der Waals surface area contributed by atoms with E-state index < -0.39 is 17.5 Å². The van der Waals surface area contributed by atoms with Gasteiger partial charge in [0.2, 0.25) is 11.8 Å². The van der Waals surface area contributed by atoms with Crippen LogP contribution in [0.5, 0.6) is 0 Å². The van der Waals surface area contributed by atoms with E-state index in [4.69, 9.17) is 5.73 Å². The van der Waals surface area contributed by atoms with E-state index >= 15 is 0 Å². The lowest BCUT2D eigenvalue weighted by molar-refractivity contribution is -0.132. The van der Waals surface area contributed by atoms with Crippen molar-refractivity contribution in [1.82, 2.24) is 4.90 Å². The Morgan fingerprint density at radius 1 is 1.00 bits per heavy atom. The van der Waals surface area contributed by atoms with E-state index in [1.165, 1.54) is 4.90 Å². The maximum atomic E-state index is 13.7. The van der Waals surface area contributed by atoms with Gasteiger partial charge in [0.15, 0.2) is 0 Å². The lowest BCUT2D eigenvalue weighted by Crippen LogP contribution is -2.33. The van der Waals surface area contributed by atoms with Crippen molar-refractivity contribution in [3.05, 3.63) is 71.3 Å². The minimum Gasteiger partial charge on any atom is -0.370 e. The van der Waals surface area contributed by atoms with Crippen LogP contribution in [0.25, 0.3) is 0 Å². The molecule has 0 saturated carbocycles. The molecule has 0 saturated heterocycles. The van der Waals surface area contributed by atoms with Crippen molar-refractivity contribution in [2.24, 2.45) is 5.73 Å². The normalized spacial score (nSPS) is 10.5. The second-order valence-electron chi connectivity index (χ2n) is 5.75. The number of aryl methyl sites for hydroxylation is 1. The fourth-order valence-corrected chi connectivity index (χ4v) is 2.48. The molecule has 2 aromatic carbocycles. The smallest absolute Gasteiger partial charge is 0.223 e. The molecule has 6 heteroatoms. The monoisotopic (exact) mass is 346 g/mol. The first-order valence-corrected chi connectivity index (χ1v) is 7.99. The van der Waals surface area contributed by atoms with Crippen LogP contribution in [0.3, 0.4) is 0 Å². The third-order valence-electron chi connectivity index (χ3n) is 3.81. The van der Waals surface area contributed by atoms with E-state index in [0.717, 1.165) is 23.8 Å². The first-order valence-electron chi connectivity index (χ1n) is 7.99. The molecule has 0 bridgehead atoms. The first kappa shape index (κ1) is 18.6. The van der Waals surface area contributed by atoms with Gasteiger partial charge in [0.25, 0.3) is 0 Å². The maximum absolute atomic E-state index is 13.7. The topological polar surface area (TPSA) is 63.4 Å². The number of benzene rings is 2. The highest BCUT2D eigenvalue weighted by molar-refractivity contribution is 5.78. The van der Waals surface area contributed by atoms with Gasteiger partial charge in [0.1, 0.15) is 11.6 Å². The van der Waals surface area contributed by atoms with Crippen LogP contribution in [0.15, 0.2) is 48.5 Å². The Morgan fingerprint density at radius 3 is 2.40 bits per heavy atom. The predicted molar refractivity (Wildman–Crippen MR) is 90.3 cm³/mol. The molecule has 2 amide bonds. The fourth-order valence-electron chi connectivity index (χ4n) is 2.48. The van der Waals surface area contributed by atoms with Crippen molar-refractivity contribution < 1.29 is 18.4 Å². The Hall–Kier alpha value is -2.76. The van der Waals surface area contributed by atoms with Crippen molar-refractivity contribution in [3.63, 3.8) is 0 Å². The number of rotatable bonds is 8. The van der Waals surface area contributed by atoms with Crippen molar-refractivity contribution in [3.8, 4) is 0 Å². The number of carbonyl (C=O) groups is 2. The molecule has 25 heavy (non-hydrogen) atoms. The number of halogens is 2. The van der Waals surface area contributed by atoms with Gasteiger partial charge in [-0.15, -0.1) is 0 Å². The van der Waals surface area contributed by atoms with Gasteiger partial charge in [-0.3, -0.25) is 9.59 Å². The zero-order valence-corrected chi connectivity index (χ0v) is 13.8. The van der Waals surface area contributed by atoms with Crippen LogP contribution in [-0.4, -0.2) is 23.3 Å². The first-order chi connectivity index (χ1) is 12.0. The van der Waals surface area contributed by atoms with Gasteiger partial charge >= 0.3 is 0 Å². The molecule has 4 nitrogen and oxygen atoms in total. The highest BCUT2D eigenvalue weighted by Gasteiger charge is 2.16. The summed E-state index contributed by atoms with van der Waals surface area (Å²) in [6, 6.07) is 12.5. The van der Waals surface area contributed by atoms with Crippen LogP contribution in [-0.2, 0) is 22.6 Å². The van der Waals surface area contributed by atoms with E-state index in [9.17, 15) is 18.4 Å². The van der Waals surface area contributed by atoms with Crippen LogP contribution in [0.2, 0.25) is 0 Å². The molecular weight excluding hydrogens is 326 g/mol. The molecule has 2 N–H and O–H groups in total. The van der Waals surface area contributed by atoms with Crippen LogP contribution in [0, 0.1) is 11.6 Å². The summed E-state index contributed by atoms with van der Waals surface area (Å²) < 4.78 is 26.9. The van der Waals surface area contributed by atoms with Gasteiger partial charge in [-0.05, 0) is 35.7 Å². The summed E-state index contributed by atoms with van der Waals surface area (Å²) in [6.07, 6.45) is 0.156. The second-order valence-corrected chi connectivity index (χ2v) is 5.75. The third-order valence-corrected chi connectivity index (χ3v) is 3.81. The summed E-state index contributed by atoms with van der Waals surface area (Å²) in [6.45, 7) is 0.521. The van der Waals surface area contributed by atoms with E-state index in [0.29, 0.717) is 6.54 Å². The quantitative estimate of drug-likeness (QED) is 0.799. The summed E-state index contributed by atoms with van der Waals surface area (Å²) in [5.41, 5.74) is 6.24. The Balaban J connectivity index is 2.03. The molecule has 0 fully saturated rings. The fraction of sp³-hybridized carbons (Fsp3) is 0.263. The summed E-state index contributed by atoms with van der Waals surface area (Å²) in [5, 5.41) is 0. The van der Waals surface area contributed by atoms with Gasteiger partial charge in [0, 0.05) is 25.9 Å². The predicted octanol–water partition coefficient (Wildman–Crippen LogP) is 2.80. The van der Waals surface area contributed by atoms with Crippen LogP contribution in [0.1, 0.15) is 24.0 Å². The Kier molecular flexibility index (Phi) is 6.62. The van der Waals surface area contributed by atoms with Gasteiger partial charge in [-0.25, -0.2) is 8.78 Å². The number of carbonyl (C=O) groups excluding carboxylic acids is 2. The second kappa shape index (κ2) is 8.92. The highest BCUT2D eigenvalue weighted by Crippen LogP contribution is 2.14. The summed E-state index contributed by atoms with van der Waals surface area (Å²) in [4.78, 5) is 25.0. The average molecular weight is 346 g/mol. The van der Waals surface area contributed by atoms with Gasteiger partial charge in [-0.1, -0.05) is 30.3 Å².